The minimum atomic E-state index is 0.0920. The van der Waals surface area contributed by atoms with E-state index in [0.717, 1.165) is 29.6 Å². The first kappa shape index (κ1) is 16.3. The van der Waals surface area contributed by atoms with Crippen LogP contribution in [0.15, 0.2) is 29.6 Å². The van der Waals surface area contributed by atoms with Gasteiger partial charge in [0.25, 0.3) is 0 Å². The number of piperazine rings is 1. The largest absolute Gasteiger partial charge is 0.376 e. The molecule has 0 atom stereocenters. The lowest BCUT2D eigenvalue weighted by atomic mass is 10.2. The number of amides is 1. The Bertz CT molecular complexity index is 741. The first-order valence-corrected chi connectivity index (χ1v) is 8.72. The molecule has 1 fully saturated rings. The van der Waals surface area contributed by atoms with Crippen molar-refractivity contribution >= 4 is 28.1 Å². The smallest absolute Gasteiger partial charge is 0.241 e. The van der Waals surface area contributed by atoms with Crippen LogP contribution in [0.5, 0.6) is 0 Å². The van der Waals surface area contributed by atoms with Gasteiger partial charge in [0.15, 0.2) is 5.13 Å². The van der Waals surface area contributed by atoms with Crippen molar-refractivity contribution in [1.82, 2.24) is 9.88 Å². The molecule has 1 aliphatic heterocycles. The van der Waals surface area contributed by atoms with Crippen molar-refractivity contribution in [1.29, 1.82) is 5.26 Å². The second-order valence-corrected chi connectivity index (χ2v) is 6.52. The summed E-state index contributed by atoms with van der Waals surface area (Å²) in [4.78, 5) is 20.9. The van der Waals surface area contributed by atoms with E-state index >= 15 is 0 Å². The minimum Gasteiger partial charge on any atom is -0.376 e. The van der Waals surface area contributed by atoms with Gasteiger partial charge < -0.3 is 15.1 Å². The average molecular weight is 341 g/mol. The maximum atomic E-state index is 12.3. The van der Waals surface area contributed by atoms with E-state index in [1.165, 1.54) is 0 Å². The third kappa shape index (κ3) is 3.84. The van der Waals surface area contributed by atoms with Gasteiger partial charge in [0.1, 0.15) is 0 Å². The fraction of sp³-hybridized carbons (Fsp3) is 0.353. The normalized spacial score (nSPS) is 14.3. The van der Waals surface area contributed by atoms with Crippen LogP contribution in [-0.4, -0.2) is 48.5 Å². The zero-order valence-corrected chi connectivity index (χ0v) is 14.3. The van der Waals surface area contributed by atoms with Gasteiger partial charge >= 0.3 is 0 Å². The molecule has 0 saturated carbocycles. The van der Waals surface area contributed by atoms with E-state index in [2.05, 4.69) is 21.3 Å². The maximum Gasteiger partial charge on any atom is 0.241 e. The second kappa shape index (κ2) is 7.32. The van der Waals surface area contributed by atoms with Gasteiger partial charge in [0, 0.05) is 37.2 Å². The van der Waals surface area contributed by atoms with Crippen LogP contribution in [0.25, 0.3) is 0 Å². The number of rotatable bonds is 4. The third-order valence-corrected chi connectivity index (χ3v) is 4.99. The monoisotopic (exact) mass is 341 g/mol. The highest BCUT2D eigenvalue weighted by Gasteiger charge is 2.22. The zero-order valence-electron chi connectivity index (χ0n) is 13.5. The number of aromatic nitrogens is 1. The van der Waals surface area contributed by atoms with Gasteiger partial charge in [0.2, 0.25) is 5.91 Å². The molecule has 0 radical (unpaired) electrons. The van der Waals surface area contributed by atoms with Crippen LogP contribution in [-0.2, 0) is 4.79 Å². The molecule has 1 amide bonds. The first-order valence-electron chi connectivity index (χ1n) is 7.84. The fourth-order valence-corrected chi connectivity index (χ4v) is 3.44. The van der Waals surface area contributed by atoms with E-state index < -0.39 is 0 Å². The molecule has 2 heterocycles. The van der Waals surface area contributed by atoms with Crippen molar-refractivity contribution in [3.63, 3.8) is 0 Å². The Kier molecular flexibility index (Phi) is 4.96. The Morgan fingerprint density at radius 1 is 1.29 bits per heavy atom. The lowest BCUT2D eigenvalue weighted by molar-refractivity contribution is -0.129. The highest BCUT2D eigenvalue weighted by molar-refractivity contribution is 7.13. The summed E-state index contributed by atoms with van der Waals surface area (Å²) in [6.45, 7) is 5.32. The summed E-state index contributed by atoms with van der Waals surface area (Å²) in [6, 6.07) is 9.18. The molecule has 1 aromatic carbocycles. The molecule has 0 spiro atoms. The Balaban J connectivity index is 1.47. The molecule has 1 aliphatic rings. The van der Waals surface area contributed by atoms with Crippen LogP contribution in [0.2, 0.25) is 0 Å². The molecule has 1 N–H and O–H groups in total. The lowest BCUT2D eigenvalue weighted by Gasteiger charge is -2.34. The molecule has 24 heavy (non-hydrogen) atoms. The number of thiazole rings is 1. The summed E-state index contributed by atoms with van der Waals surface area (Å²) in [5.74, 6) is 0.0920. The van der Waals surface area contributed by atoms with Gasteiger partial charge in [-0.25, -0.2) is 4.98 Å². The van der Waals surface area contributed by atoms with Gasteiger partial charge in [-0.1, -0.05) is 0 Å². The number of aryl methyl sites for hydroxylation is 1. The van der Waals surface area contributed by atoms with Crippen molar-refractivity contribution in [2.24, 2.45) is 0 Å². The van der Waals surface area contributed by atoms with E-state index in [0.29, 0.717) is 18.7 Å². The Hall–Kier alpha value is -2.59. The number of hydrogen-bond acceptors (Lipinski definition) is 6. The second-order valence-electron chi connectivity index (χ2n) is 5.68. The van der Waals surface area contributed by atoms with Gasteiger partial charge in [0.05, 0.1) is 23.9 Å². The van der Waals surface area contributed by atoms with E-state index in [1.807, 2.05) is 29.3 Å². The van der Waals surface area contributed by atoms with Gasteiger partial charge in [-0.3, -0.25) is 4.79 Å². The van der Waals surface area contributed by atoms with Gasteiger partial charge in [-0.2, -0.15) is 5.26 Å². The standard InChI is InChI=1S/C17H19N5OS/c1-13-12-24-17(20-13)22-8-6-21(7-9-22)16(23)11-19-15-4-2-14(10-18)3-5-15/h2-5,12,19H,6-9,11H2,1H3. The summed E-state index contributed by atoms with van der Waals surface area (Å²) in [6.07, 6.45) is 0. The molecule has 7 heteroatoms. The Labute approximate surface area is 145 Å². The average Bonchev–Trinajstić information content (AvgIpc) is 3.06. The number of carbonyl (C=O) groups is 1. The predicted molar refractivity (Wildman–Crippen MR) is 95.3 cm³/mol. The number of nitrogens with zero attached hydrogens (tertiary/aromatic N) is 4. The van der Waals surface area contributed by atoms with Crippen LogP contribution in [0.1, 0.15) is 11.3 Å². The van der Waals surface area contributed by atoms with E-state index in [9.17, 15) is 4.79 Å². The van der Waals surface area contributed by atoms with Crippen LogP contribution in [0, 0.1) is 18.3 Å². The number of nitrogens with one attached hydrogen (secondary N) is 1. The summed E-state index contributed by atoms with van der Waals surface area (Å²) < 4.78 is 0. The third-order valence-electron chi connectivity index (χ3n) is 3.97. The van der Waals surface area contributed by atoms with Crippen molar-refractivity contribution in [3.05, 3.63) is 40.9 Å². The van der Waals surface area contributed by atoms with Crippen LogP contribution >= 0.6 is 11.3 Å². The van der Waals surface area contributed by atoms with Crippen molar-refractivity contribution in [2.75, 3.05) is 42.9 Å². The molecule has 0 bridgehead atoms. The van der Waals surface area contributed by atoms with E-state index in [-0.39, 0.29) is 12.5 Å². The predicted octanol–water partition coefficient (Wildman–Crippen LogP) is 2.08. The number of nitriles is 1. The molecule has 0 aliphatic carbocycles. The SMILES string of the molecule is Cc1csc(N2CCN(C(=O)CNc3ccc(C#N)cc3)CC2)n1. The molecule has 3 rings (SSSR count). The van der Waals surface area contributed by atoms with Gasteiger partial charge in [-0.05, 0) is 31.2 Å². The molecule has 1 saturated heterocycles. The first-order chi connectivity index (χ1) is 11.7. The van der Waals surface area contributed by atoms with E-state index in [1.54, 1.807) is 23.5 Å². The summed E-state index contributed by atoms with van der Waals surface area (Å²) >= 11 is 1.65. The maximum absolute atomic E-state index is 12.3. The van der Waals surface area contributed by atoms with Crippen molar-refractivity contribution in [3.8, 4) is 6.07 Å². The number of benzene rings is 1. The number of carbonyl (C=O) groups excluding carboxylic acids is 1. The highest BCUT2D eigenvalue weighted by atomic mass is 32.1. The van der Waals surface area contributed by atoms with Crippen LogP contribution < -0.4 is 10.2 Å². The zero-order chi connectivity index (χ0) is 16.9. The molecular formula is C17H19N5OS. The number of anilines is 2. The molecular weight excluding hydrogens is 322 g/mol. The van der Waals surface area contributed by atoms with Crippen molar-refractivity contribution in [2.45, 2.75) is 6.92 Å². The highest BCUT2D eigenvalue weighted by Crippen LogP contribution is 2.21. The summed E-state index contributed by atoms with van der Waals surface area (Å²) in [5, 5.41) is 15.0. The summed E-state index contributed by atoms with van der Waals surface area (Å²) in [7, 11) is 0. The van der Waals surface area contributed by atoms with Crippen LogP contribution in [0.3, 0.4) is 0 Å². The summed E-state index contributed by atoms with van der Waals surface area (Å²) in [5.41, 5.74) is 2.50. The van der Waals surface area contributed by atoms with E-state index in [4.69, 9.17) is 5.26 Å². The minimum absolute atomic E-state index is 0.0920. The molecule has 6 nitrogen and oxygen atoms in total. The number of hydrogen-bond donors (Lipinski definition) is 1. The lowest BCUT2D eigenvalue weighted by Crippen LogP contribution is -2.50. The van der Waals surface area contributed by atoms with Crippen LogP contribution in [0.4, 0.5) is 10.8 Å². The quantitative estimate of drug-likeness (QED) is 0.922. The molecule has 2 aromatic rings. The molecule has 0 unspecified atom stereocenters. The Morgan fingerprint density at radius 2 is 2.00 bits per heavy atom. The Morgan fingerprint density at radius 3 is 2.58 bits per heavy atom. The molecule has 124 valence electrons. The van der Waals surface area contributed by atoms with Crippen molar-refractivity contribution < 1.29 is 4.79 Å². The van der Waals surface area contributed by atoms with Gasteiger partial charge in [-0.15, -0.1) is 11.3 Å². The molecule has 1 aromatic heterocycles. The fourth-order valence-electron chi connectivity index (χ4n) is 2.59. The topological polar surface area (TPSA) is 72.3 Å².